The summed E-state index contributed by atoms with van der Waals surface area (Å²) in [6, 6.07) is 19.7. The number of benzene rings is 2. The summed E-state index contributed by atoms with van der Waals surface area (Å²) < 4.78 is 5.54. The zero-order valence-corrected chi connectivity index (χ0v) is 17.8. The van der Waals surface area contributed by atoms with Crippen molar-refractivity contribution < 1.29 is 4.42 Å². The minimum atomic E-state index is -0.468. The number of hydrogen-bond acceptors (Lipinski definition) is 6. The maximum absolute atomic E-state index is 11.8. The maximum Gasteiger partial charge on any atom is 0.247 e. The monoisotopic (exact) mass is 412 g/mol. The van der Waals surface area contributed by atoms with Crippen LogP contribution in [0.4, 0.5) is 0 Å². The molecule has 0 saturated heterocycles. The largest absolute Gasteiger partial charge is 0.421 e. The van der Waals surface area contributed by atoms with Gasteiger partial charge >= 0.3 is 0 Å². The molecule has 0 aliphatic heterocycles. The summed E-state index contributed by atoms with van der Waals surface area (Å²) in [4.78, 5) is 16.1. The van der Waals surface area contributed by atoms with Crippen LogP contribution in [0.5, 0.6) is 0 Å². The van der Waals surface area contributed by atoms with E-state index in [1.807, 2.05) is 43.3 Å². The van der Waals surface area contributed by atoms with E-state index < -0.39 is 6.04 Å². The molecule has 0 N–H and O–H groups in total. The fourth-order valence-electron chi connectivity index (χ4n) is 3.93. The highest BCUT2D eigenvalue weighted by Crippen LogP contribution is 2.37. The van der Waals surface area contributed by atoms with Gasteiger partial charge in [-0.2, -0.15) is 4.91 Å². The van der Waals surface area contributed by atoms with Crippen LogP contribution in [-0.4, -0.2) is 15.2 Å². The predicted molar refractivity (Wildman–Crippen MR) is 120 cm³/mol. The zero-order chi connectivity index (χ0) is 21.8. The summed E-state index contributed by atoms with van der Waals surface area (Å²) in [6.45, 7) is 5.78. The van der Waals surface area contributed by atoms with Crippen LogP contribution in [0.1, 0.15) is 52.2 Å². The second-order valence-electron chi connectivity index (χ2n) is 7.74. The van der Waals surface area contributed by atoms with Crippen LogP contribution in [-0.2, 0) is 0 Å². The molecule has 0 fully saturated rings. The molecule has 0 aliphatic rings. The van der Waals surface area contributed by atoms with Crippen molar-refractivity contribution in [3.8, 4) is 11.5 Å². The van der Waals surface area contributed by atoms with Crippen LogP contribution < -0.4 is 0 Å². The first-order chi connectivity index (χ1) is 15.0. The quantitative estimate of drug-likeness (QED) is 0.343. The molecule has 0 radical (unpaired) electrons. The van der Waals surface area contributed by atoms with E-state index >= 15 is 0 Å². The van der Waals surface area contributed by atoms with Gasteiger partial charge in [0.05, 0.1) is 0 Å². The molecule has 4 aromatic rings. The van der Waals surface area contributed by atoms with Gasteiger partial charge in [-0.25, -0.2) is 0 Å². The van der Waals surface area contributed by atoms with Crippen molar-refractivity contribution in [2.45, 2.75) is 39.2 Å². The summed E-state index contributed by atoms with van der Waals surface area (Å²) in [5.41, 5.74) is 6.09. The van der Waals surface area contributed by atoms with Gasteiger partial charge in [0, 0.05) is 30.3 Å². The molecule has 0 amide bonds. The molecular weight excluding hydrogens is 388 g/mol. The molecule has 2 heterocycles. The van der Waals surface area contributed by atoms with Gasteiger partial charge in [0.25, 0.3) is 0 Å². The molecule has 6 heteroatoms. The Morgan fingerprint density at radius 1 is 0.935 bits per heavy atom. The van der Waals surface area contributed by atoms with Crippen molar-refractivity contribution in [2.75, 3.05) is 0 Å². The van der Waals surface area contributed by atoms with Gasteiger partial charge in [-0.05, 0) is 66.8 Å². The summed E-state index contributed by atoms with van der Waals surface area (Å²) >= 11 is 0. The highest BCUT2D eigenvalue weighted by molar-refractivity contribution is 5.54. The third-order valence-electron chi connectivity index (χ3n) is 5.54. The molecule has 2 aromatic carbocycles. The molecule has 6 nitrogen and oxygen atoms in total. The van der Waals surface area contributed by atoms with Gasteiger partial charge in [-0.3, -0.25) is 4.98 Å². The van der Waals surface area contributed by atoms with E-state index in [2.05, 4.69) is 51.5 Å². The number of pyridine rings is 1. The Morgan fingerprint density at radius 3 is 2.35 bits per heavy atom. The minimum absolute atomic E-state index is 0.0100. The molecule has 2 atom stereocenters. The summed E-state index contributed by atoms with van der Waals surface area (Å²) in [7, 11) is 0. The predicted octanol–water partition coefficient (Wildman–Crippen LogP) is 6.09. The Morgan fingerprint density at radius 2 is 1.71 bits per heavy atom. The summed E-state index contributed by atoms with van der Waals surface area (Å²) in [6.07, 6.45) is 2.30. The lowest BCUT2D eigenvalue weighted by molar-refractivity contribution is 0.532. The Balaban J connectivity index is 1.71. The highest BCUT2D eigenvalue weighted by atomic mass is 16.4. The second-order valence-corrected chi connectivity index (χ2v) is 7.74. The van der Waals surface area contributed by atoms with Crippen molar-refractivity contribution in [3.05, 3.63) is 106 Å². The van der Waals surface area contributed by atoms with Crippen LogP contribution >= 0.6 is 0 Å². The lowest BCUT2D eigenvalue weighted by Crippen LogP contribution is -2.09. The fraction of sp³-hybridized carbons (Fsp3) is 0.240. The van der Waals surface area contributed by atoms with E-state index in [1.165, 1.54) is 11.1 Å². The Bertz CT molecular complexity index is 1180. The molecule has 2 aromatic heterocycles. The van der Waals surface area contributed by atoms with Crippen molar-refractivity contribution >= 4 is 0 Å². The van der Waals surface area contributed by atoms with Crippen LogP contribution in [0.2, 0.25) is 0 Å². The number of aromatic nitrogens is 3. The van der Waals surface area contributed by atoms with Crippen LogP contribution in [0.25, 0.3) is 11.5 Å². The normalized spacial score (nSPS) is 13.0. The van der Waals surface area contributed by atoms with Crippen molar-refractivity contribution in [2.24, 2.45) is 5.18 Å². The SMILES string of the molecule is Cc1cc(C(CC(c2ccc(-c3nnc(C)o3)cc2)c2ccccc2C)N=O)ccn1. The van der Waals surface area contributed by atoms with E-state index in [-0.39, 0.29) is 5.92 Å². The van der Waals surface area contributed by atoms with Crippen LogP contribution in [0, 0.1) is 25.7 Å². The average Bonchev–Trinajstić information content (AvgIpc) is 3.22. The number of hydrogen-bond donors (Lipinski definition) is 0. The number of nitrogens with zero attached hydrogens (tertiary/aromatic N) is 4. The molecule has 0 bridgehead atoms. The Hall–Kier alpha value is -3.67. The van der Waals surface area contributed by atoms with Crippen LogP contribution in [0.3, 0.4) is 0 Å². The molecule has 2 unspecified atom stereocenters. The first kappa shape index (κ1) is 20.6. The summed E-state index contributed by atoms with van der Waals surface area (Å²) in [5, 5.41) is 11.5. The van der Waals surface area contributed by atoms with Gasteiger partial charge in [0.2, 0.25) is 11.8 Å². The van der Waals surface area contributed by atoms with Gasteiger partial charge in [0.1, 0.15) is 6.04 Å². The molecule has 0 aliphatic carbocycles. The van der Waals surface area contributed by atoms with E-state index in [0.29, 0.717) is 18.2 Å². The van der Waals surface area contributed by atoms with E-state index in [0.717, 1.165) is 22.4 Å². The van der Waals surface area contributed by atoms with Gasteiger partial charge in [0.15, 0.2) is 0 Å². The van der Waals surface area contributed by atoms with E-state index in [1.54, 1.807) is 13.1 Å². The molecule has 0 spiro atoms. The van der Waals surface area contributed by atoms with Gasteiger partial charge < -0.3 is 4.42 Å². The minimum Gasteiger partial charge on any atom is -0.421 e. The zero-order valence-electron chi connectivity index (χ0n) is 17.8. The number of nitroso groups, excluding NO2 is 1. The first-order valence-electron chi connectivity index (χ1n) is 10.3. The smallest absolute Gasteiger partial charge is 0.247 e. The van der Waals surface area contributed by atoms with Crippen molar-refractivity contribution in [1.82, 2.24) is 15.2 Å². The van der Waals surface area contributed by atoms with Gasteiger partial charge in [-0.1, -0.05) is 41.6 Å². The number of rotatable bonds is 7. The van der Waals surface area contributed by atoms with Gasteiger partial charge in [-0.15, -0.1) is 10.2 Å². The number of aryl methyl sites for hydroxylation is 3. The first-order valence-corrected chi connectivity index (χ1v) is 10.3. The molecule has 0 saturated carbocycles. The fourth-order valence-corrected chi connectivity index (χ4v) is 3.93. The molecule has 4 rings (SSSR count). The topological polar surface area (TPSA) is 81.2 Å². The Kier molecular flexibility index (Phi) is 5.98. The van der Waals surface area contributed by atoms with E-state index in [9.17, 15) is 4.91 Å². The molecular formula is C25H24N4O2. The van der Waals surface area contributed by atoms with Crippen molar-refractivity contribution in [3.63, 3.8) is 0 Å². The third-order valence-corrected chi connectivity index (χ3v) is 5.54. The average molecular weight is 412 g/mol. The second kappa shape index (κ2) is 9.00. The molecule has 31 heavy (non-hydrogen) atoms. The third kappa shape index (κ3) is 4.58. The lowest BCUT2D eigenvalue weighted by Gasteiger charge is -2.23. The van der Waals surface area contributed by atoms with E-state index in [4.69, 9.17) is 4.42 Å². The Labute approximate surface area is 181 Å². The van der Waals surface area contributed by atoms with Crippen LogP contribution in [0.15, 0.2) is 76.5 Å². The van der Waals surface area contributed by atoms with Crippen molar-refractivity contribution in [1.29, 1.82) is 0 Å². The molecule has 156 valence electrons. The maximum atomic E-state index is 11.8. The standard InChI is InChI=1S/C25H24N4O2/c1-16-6-4-5-7-22(16)23(15-24(29-30)21-12-13-26-17(2)14-21)19-8-10-20(11-9-19)25-28-27-18(3)31-25/h4-14,23-24H,15H2,1-3H3. The summed E-state index contributed by atoms with van der Waals surface area (Å²) in [5.74, 6) is 1.04. The lowest BCUT2D eigenvalue weighted by atomic mass is 9.82. The highest BCUT2D eigenvalue weighted by Gasteiger charge is 2.24.